The van der Waals surface area contributed by atoms with Crippen molar-refractivity contribution < 1.29 is 28.5 Å². The maximum Gasteiger partial charge on any atom is 0.336 e. The molecule has 3 aromatic rings. The Hall–Kier alpha value is -4.52. The van der Waals surface area contributed by atoms with Crippen LogP contribution < -0.4 is 19.5 Å². The zero-order chi connectivity index (χ0) is 28.1. The number of carbonyl (C=O) groups is 2. The second-order valence-corrected chi connectivity index (χ2v) is 9.86. The van der Waals surface area contributed by atoms with Gasteiger partial charge in [-0.3, -0.25) is 4.79 Å². The van der Waals surface area contributed by atoms with E-state index in [1.165, 1.54) is 0 Å². The molecular formula is C33H33NO6. The van der Waals surface area contributed by atoms with E-state index in [0.29, 0.717) is 41.2 Å². The molecule has 0 amide bonds. The number of para-hydroxylation sites is 1. The van der Waals surface area contributed by atoms with Gasteiger partial charge in [-0.2, -0.15) is 0 Å². The molecule has 2 atom stereocenters. The number of allylic oxidation sites excluding steroid dienone is 3. The minimum absolute atomic E-state index is 0.0144. The van der Waals surface area contributed by atoms with Crippen LogP contribution in [0.1, 0.15) is 42.7 Å². The molecule has 0 radical (unpaired) electrons. The van der Waals surface area contributed by atoms with E-state index in [1.54, 1.807) is 14.2 Å². The molecule has 1 heterocycles. The molecule has 0 spiro atoms. The highest BCUT2D eigenvalue weighted by Crippen LogP contribution is 2.46. The van der Waals surface area contributed by atoms with Crippen molar-refractivity contribution in [3.8, 4) is 17.2 Å². The number of Topliss-reactive ketones (excluding diaryl/α,β-unsaturated/α-hetero) is 1. The van der Waals surface area contributed by atoms with E-state index in [9.17, 15) is 9.59 Å². The summed E-state index contributed by atoms with van der Waals surface area (Å²) in [7, 11) is 3.24. The number of nitrogens with one attached hydrogen (secondary N) is 1. The van der Waals surface area contributed by atoms with Gasteiger partial charge in [0.25, 0.3) is 0 Å². The van der Waals surface area contributed by atoms with Gasteiger partial charge < -0.3 is 24.3 Å². The first-order valence-corrected chi connectivity index (χ1v) is 13.4. The molecule has 0 saturated carbocycles. The molecule has 0 bridgehead atoms. The molecular weight excluding hydrogens is 506 g/mol. The first-order valence-electron chi connectivity index (χ1n) is 13.4. The summed E-state index contributed by atoms with van der Waals surface area (Å²) in [6, 6.07) is 24.7. The van der Waals surface area contributed by atoms with E-state index in [-0.39, 0.29) is 24.9 Å². The average molecular weight is 540 g/mol. The van der Waals surface area contributed by atoms with E-state index in [1.807, 2.05) is 85.8 Å². The maximum atomic E-state index is 13.8. The first kappa shape index (κ1) is 27.1. The lowest BCUT2D eigenvalue weighted by Gasteiger charge is -2.36. The molecule has 0 unspecified atom stereocenters. The zero-order valence-electron chi connectivity index (χ0n) is 22.9. The molecule has 0 fully saturated rings. The van der Waals surface area contributed by atoms with E-state index in [4.69, 9.17) is 18.9 Å². The van der Waals surface area contributed by atoms with Gasteiger partial charge in [-0.05, 0) is 66.8 Å². The van der Waals surface area contributed by atoms with Crippen molar-refractivity contribution in [2.24, 2.45) is 0 Å². The van der Waals surface area contributed by atoms with Crippen LogP contribution in [0.3, 0.4) is 0 Å². The highest BCUT2D eigenvalue weighted by Gasteiger charge is 2.41. The Balaban J connectivity index is 1.41. The number of ketones is 1. The third-order valence-electron chi connectivity index (χ3n) is 7.41. The normalized spacial score (nSPS) is 18.5. The first-order chi connectivity index (χ1) is 19.5. The summed E-state index contributed by atoms with van der Waals surface area (Å²) in [4.78, 5) is 27.3. The Morgan fingerprint density at radius 3 is 2.05 bits per heavy atom. The Morgan fingerprint density at radius 2 is 1.43 bits per heavy atom. The van der Waals surface area contributed by atoms with Gasteiger partial charge >= 0.3 is 5.97 Å². The fourth-order valence-electron chi connectivity index (χ4n) is 5.44. The summed E-state index contributed by atoms with van der Waals surface area (Å²) in [6.07, 6.45) is 1.01. The van der Waals surface area contributed by atoms with E-state index < -0.39 is 11.9 Å². The molecule has 0 saturated heterocycles. The Bertz CT molecular complexity index is 1420. The molecule has 1 aliphatic heterocycles. The van der Waals surface area contributed by atoms with Crippen molar-refractivity contribution in [1.29, 1.82) is 0 Å². The quantitative estimate of drug-likeness (QED) is 0.276. The average Bonchev–Trinajstić information content (AvgIpc) is 2.99. The van der Waals surface area contributed by atoms with Gasteiger partial charge in [-0.1, -0.05) is 42.5 Å². The van der Waals surface area contributed by atoms with Crippen molar-refractivity contribution in [2.45, 2.75) is 31.6 Å². The van der Waals surface area contributed by atoms with Gasteiger partial charge in [0.15, 0.2) is 5.78 Å². The number of ether oxygens (including phenoxy) is 4. The second-order valence-electron chi connectivity index (χ2n) is 9.86. The van der Waals surface area contributed by atoms with Crippen molar-refractivity contribution in [3.05, 3.63) is 113 Å². The summed E-state index contributed by atoms with van der Waals surface area (Å²) < 4.78 is 22.0. The lowest BCUT2D eigenvalue weighted by molar-refractivity contribution is -0.140. The lowest BCUT2D eigenvalue weighted by atomic mass is 9.71. The molecule has 206 valence electrons. The van der Waals surface area contributed by atoms with Crippen molar-refractivity contribution in [2.75, 3.05) is 27.4 Å². The predicted octanol–water partition coefficient (Wildman–Crippen LogP) is 5.69. The number of benzene rings is 3. The summed E-state index contributed by atoms with van der Waals surface area (Å²) in [5, 5.41) is 3.40. The zero-order valence-corrected chi connectivity index (χ0v) is 22.9. The molecule has 7 nitrogen and oxygen atoms in total. The SMILES string of the molecule is COc1ccc([C@@H]2CC(=O)C3=C(C2)NC(C)=C(C(=O)OCCOc2ccccc2)[C@H]3c2ccc(OC)cc2)cc1. The molecule has 0 aromatic heterocycles. The van der Waals surface area contributed by atoms with Gasteiger partial charge in [0.1, 0.15) is 30.5 Å². The van der Waals surface area contributed by atoms with Crippen molar-refractivity contribution >= 4 is 11.8 Å². The van der Waals surface area contributed by atoms with Crippen LogP contribution in [0.2, 0.25) is 0 Å². The summed E-state index contributed by atoms with van der Waals surface area (Å²) in [5.74, 6) is 1.20. The minimum Gasteiger partial charge on any atom is -0.497 e. The molecule has 1 aliphatic carbocycles. The number of methoxy groups -OCH3 is 2. The Labute approximate surface area is 234 Å². The standard InChI is InChI=1S/C33H33NO6/c1-21-30(33(36)40-18-17-39-27-7-5-4-6-8-27)31(23-11-15-26(38-3)16-12-23)32-28(34-21)19-24(20-29(32)35)22-9-13-25(37-2)14-10-22/h4-16,24,31,34H,17-20H2,1-3H3/t24-,31+/m0/s1. The van der Waals surface area contributed by atoms with Crippen molar-refractivity contribution in [1.82, 2.24) is 5.32 Å². The van der Waals surface area contributed by atoms with Crippen LogP contribution in [0.25, 0.3) is 0 Å². The number of rotatable bonds is 9. The van der Waals surface area contributed by atoms with Crippen LogP contribution in [0.4, 0.5) is 0 Å². The topological polar surface area (TPSA) is 83.1 Å². The lowest BCUT2D eigenvalue weighted by Crippen LogP contribution is -2.36. The minimum atomic E-state index is -0.547. The van der Waals surface area contributed by atoms with Crippen LogP contribution in [-0.4, -0.2) is 39.2 Å². The molecule has 5 rings (SSSR count). The molecule has 7 heteroatoms. The monoisotopic (exact) mass is 539 g/mol. The van der Waals surface area contributed by atoms with E-state index >= 15 is 0 Å². The largest absolute Gasteiger partial charge is 0.497 e. The fourth-order valence-corrected chi connectivity index (χ4v) is 5.44. The molecule has 3 aromatic carbocycles. The van der Waals surface area contributed by atoms with Gasteiger partial charge in [0.05, 0.1) is 19.8 Å². The smallest absolute Gasteiger partial charge is 0.336 e. The number of esters is 1. The van der Waals surface area contributed by atoms with E-state index in [0.717, 1.165) is 22.6 Å². The van der Waals surface area contributed by atoms with Crippen LogP contribution in [-0.2, 0) is 14.3 Å². The Kier molecular flexibility index (Phi) is 8.20. The highest BCUT2D eigenvalue weighted by atomic mass is 16.6. The predicted molar refractivity (Wildman–Crippen MR) is 151 cm³/mol. The number of hydrogen-bond donors (Lipinski definition) is 1. The fraction of sp³-hybridized carbons (Fsp3) is 0.273. The number of hydrogen-bond acceptors (Lipinski definition) is 7. The summed E-state index contributed by atoms with van der Waals surface area (Å²) in [5.41, 5.74) is 4.48. The highest BCUT2D eigenvalue weighted by molar-refractivity contribution is 6.04. The van der Waals surface area contributed by atoms with Crippen LogP contribution in [0.15, 0.2) is 101 Å². The molecule has 1 N–H and O–H groups in total. The maximum absolute atomic E-state index is 13.8. The van der Waals surface area contributed by atoms with Crippen LogP contribution >= 0.6 is 0 Å². The van der Waals surface area contributed by atoms with Gasteiger partial charge in [0.2, 0.25) is 0 Å². The third-order valence-corrected chi connectivity index (χ3v) is 7.41. The summed E-state index contributed by atoms with van der Waals surface area (Å²) >= 11 is 0. The van der Waals surface area contributed by atoms with Crippen LogP contribution in [0, 0.1) is 0 Å². The summed E-state index contributed by atoms with van der Waals surface area (Å²) in [6.45, 7) is 2.16. The number of carbonyl (C=O) groups excluding carboxylic acids is 2. The van der Waals surface area contributed by atoms with Gasteiger partial charge in [-0.15, -0.1) is 0 Å². The third kappa shape index (κ3) is 5.73. The van der Waals surface area contributed by atoms with Gasteiger partial charge in [-0.25, -0.2) is 4.79 Å². The number of dihydropyridines is 1. The molecule has 40 heavy (non-hydrogen) atoms. The Morgan fingerprint density at radius 1 is 0.800 bits per heavy atom. The molecule has 2 aliphatic rings. The van der Waals surface area contributed by atoms with E-state index in [2.05, 4.69) is 5.32 Å². The van der Waals surface area contributed by atoms with Crippen LogP contribution in [0.5, 0.6) is 17.2 Å². The van der Waals surface area contributed by atoms with Gasteiger partial charge in [0, 0.05) is 29.3 Å². The second kappa shape index (κ2) is 12.1. The van der Waals surface area contributed by atoms with Crippen molar-refractivity contribution in [3.63, 3.8) is 0 Å².